The Balaban J connectivity index is 1.47. The summed E-state index contributed by atoms with van der Waals surface area (Å²) < 4.78 is 19.7. The number of nitrogens with zero attached hydrogens (tertiary/aromatic N) is 4. The van der Waals surface area contributed by atoms with Crippen molar-refractivity contribution in [2.75, 3.05) is 24.5 Å². The van der Waals surface area contributed by atoms with E-state index in [4.69, 9.17) is 16.3 Å². The summed E-state index contributed by atoms with van der Waals surface area (Å²) >= 11 is 6.20. The van der Waals surface area contributed by atoms with Crippen LogP contribution in [0.3, 0.4) is 0 Å². The highest BCUT2D eigenvalue weighted by atomic mass is 35.5. The maximum Gasteiger partial charge on any atom is 0.255 e. The molecule has 4 rings (SSSR count). The van der Waals surface area contributed by atoms with Crippen molar-refractivity contribution in [3.8, 4) is 11.6 Å². The molecule has 0 aliphatic carbocycles. The molecule has 31 heavy (non-hydrogen) atoms. The molecule has 2 heterocycles. The van der Waals surface area contributed by atoms with Gasteiger partial charge in [0.1, 0.15) is 12.1 Å². The van der Waals surface area contributed by atoms with Crippen molar-refractivity contribution in [1.29, 1.82) is 0 Å². The zero-order valence-electron chi connectivity index (χ0n) is 17.3. The van der Waals surface area contributed by atoms with Gasteiger partial charge >= 0.3 is 0 Å². The summed E-state index contributed by atoms with van der Waals surface area (Å²) in [7, 11) is 0. The molecule has 0 spiro atoms. The van der Waals surface area contributed by atoms with Crippen LogP contribution in [0.15, 0.2) is 54.9 Å². The highest BCUT2D eigenvalue weighted by Gasteiger charge is 2.29. The lowest BCUT2D eigenvalue weighted by Crippen LogP contribution is -2.54. The summed E-state index contributed by atoms with van der Waals surface area (Å²) in [5.41, 5.74) is 1.39. The fraction of sp³-hybridized carbons (Fsp3) is 0.261. The molecule has 8 heteroatoms. The standard InChI is InChI=1S/C23H22ClFN4O2/c1-15-7-8-19(25)20(11-15)31-22-12-21(26-14-27-22)28-9-10-29(16(2)13-28)23(30)17-5-3-4-6-18(17)24/h3-8,11-12,14,16H,9-10,13H2,1-2H3. The van der Waals surface area contributed by atoms with Crippen molar-refractivity contribution in [2.45, 2.75) is 19.9 Å². The fourth-order valence-electron chi connectivity index (χ4n) is 3.62. The number of carbonyl (C=O) groups excluding carboxylic acids is 1. The lowest BCUT2D eigenvalue weighted by molar-refractivity contribution is 0.0674. The zero-order valence-corrected chi connectivity index (χ0v) is 18.0. The molecule has 1 unspecified atom stereocenters. The van der Waals surface area contributed by atoms with E-state index in [-0.39, 0.29) is 23.6 Å². The SMILES string of the molecule is Cc1ccc(F)c(Oc2cc(N3CCN(C(=O)c4ccccc4Cl)C(C)C3)ncn2)c1. The van der Waals surface area contributed by atoms with Gasteiger partial charge in [-0.1, -0.05) is 29.8 Å². The normalized spacial score (nSPS) is 16.3. The van der Waals surface area contributed by atoms with Gasteiger partial charge in [0.05, 0.1) is 10.6 Å². The number of ether oxygens (including phenoxy) is 1. The minimum absolute atomic E-state index is 0.0499. The molecular formula is C23H22ClFN4O2. The summed E-state index contributed by atoms with van der Waals surface area (Å²) in [6.07, 6.45) is 1.39. The Kier molecular flexibility index (Phi) is 6.04. The number of piperazine rings is 1. The van der Waals surface area contributed by atoms with E-state index in [9.17, 15) is 9.18 Å². The maximum absolute atomic E-state index is 14.0. The van der Waals surface area contributed by atoms with Gasteiger partial charge in [-0.25, -0.2) is 14.4 Å². The van der Waals surface area contributed by atoms with Crippen LogP contribution in [0.25, 0.3) is 0 Å². The van der Waals surface area contributed by atoms with Crippen LogP contribution in [0.4, 0.5) is 10.2 Å². The van der Waals surface area contributed by atoms with Gasteiger partial charge in [-0.3, -0.25) is 4.79 Å². The van der Waals surface area contributed by atoms with Crippen molar-refractivity contribution in [1.82, 2.24) is 14.9 Å². The quantitative estimate of drug-likeness (QED) is 0.587. The number of aromatic nitrogens is 2. The van der Waals surface area contributed by atoms with Gasteiger partial charge in [-0.05, 0) is 43.7 Å². The molecule has 1 aliphatic heterocycles. The van der Waals surface area contributed by atoms with E-state index in [1.807, 2.05) is 18.7 Å². The second-order valence-electron chi connectivity index (χ2n) is 7.52. The molecule has 0 saturated carbocycles. The number of rotatable bonds is 4. The van der Waals surface area contributed by atoms with Crippen molar-refractivity contribution in [3.63, 3.8) is 0 Å². The summed E-state index contributed by atoms with van der Waals surface area (Å²) in [5, 5.41) is 0.447. The lowest BCUT2D eigenvalue weighted by atomic mass is 10.1. The Morgan fingerprint density at radius 3 is 2.74 bits per heavy atom. The highest BCUT2D eigenvalue weighted by molar-refractivity contribution is 6.33. The van der Waals surface area contributed by atoms with Crippen LogP contribution in [-0.4, -0.2) is 46.5 Å². The van der Waals surface area contributed by atoms with Gasteiger partial charge in [-0.2, -0.15) is 0 Å². The van der Waals surface area contributed by atoms with E-state index in [0.29, 0.717) is 36.0 Å². The average molecular weight is 441 g/mol. The van der Waals surface area contributed by atoms with E-state index in [2.05, 4.69) is 14.9 Å². The average Bonchev–Trinajstić information content (AvgIpc) is 2.76. The molecule has 6 nitrogen and oxygen atoms in total. The van der Waals surface area contributed by atoms with Crippen molar-refractivity contribution < 1.29 is 13.9 Å². The second-order valence-corrected chi connectivity index (χ2v) is 7.93. The third kappa shape index (κ3) is 4.61. The predicted octanol–water partition coefficient (Wildman–Crippen LogP) is 4.72. The number of benzene rings is 2. The van der Waals surface area contributed by atoms with Gasteiger partial charge in [0.25, 0.3) is 5.91 Å². The zero-order chi connectivity index (χ0) is 22.0. The van der Waals surface area contributed by atoms with Crippen LogP contribution in [0, 0.1) is 12.7 Å². The third-order valence-electron chi connectivity index (χ3n) is 5.25. The molecule has 3 aromatic rings. The van der Waals surface area contributed by atoms with Crippen LogP contribution in [0.5, 0.6) is 11.6 Å². The number of carbonyl (C=O) groups is 1. The molecule has 1 aliphatic rings. The molecule has 0 bridgehead atoms. The first-order chi connectivity index (χ1) is 14.9. The number of anilines is 1. The minimum atomic E-state index is -0.453. The molecular weight excluding hydrogens is 419 g/mol. The maximum atomic E-state index is 14.0. The summed E-state index contributed by atoms with van der Waals surface area (Å²) in [6, 6.07) is 13.4. The Morgan fingerprint density at radius 2 is 1.97 bits per heavy atom. The van der Waals surface area contributed by atoms with Crippen molar-refractivity contribution in [2.24, 2.45) is 0 Å². The Hall–Kier alpha value is -3.19. The number of halogens is 2. The summed E-state index contributed by atoms with van der Waals surface area (Å²) in [5.74, 6) is 0.505. The van der Waals surface area contributed by atoms with Gasteiger partial charge in [-0.15, -0.1) is 0 Å². The molecule has 2 aromatic carbocycles. The largest absolute Gasteiger partial charge is 0.436 e. The van der Waals surface area contributed by atoms with Gasteiger partial charge in [0.2, 0.25) is 5.88 Å². The highest BCUT2D eigenvalue weighted by Crippen LogP contribution is 2.27. The molecule has 1 fully saturated rings. The molecule has 160 valence electrons. The van der Waals surface area contributed by atoms with Crippen LogP contribution >= 0.6 is 11.6 Å². The van der Waals surface area contributed by atoms with Crippen LogP contribution in [-0.2, 0) is 0 Å². The molecule has 0 radical (unpaired) electrons. The van der Waals surface area contributed by atoms with Crippen LogP contribution in [0.1, 0.15) is 22.8 Å². The summed E-state index contributed by atoms with van der Waals surface area (Å²) in [6.45, 7) is 5.56. The number of hydrogen-bond acceptors (Lipinski definition) is 5. The third-order valence-corrected chi connectivity index (χ3v) is 5.57. The van der Waals surface area contributed by atoms with Gasteiger partial charge in [0.15, 0.2) is 11.6 Å². The van der Waals surface area contributed by atoms with Crippen molar-refractivity contribution >= 4 is 23.3 Å². The van der Waals surface area contributed by atoms with E-state index in [0.717, 1.165) is 5.56 Å². The number of hydrogen-bond donors (Lipinski definition) is 0. The fourth-order valence-corrected chi connectivity index (χ4v) is 3.83. The smallest absolute Gasteiger partial charge is 0.255 e. The first-order valence-electron chi connectivity index (χ1n) is 9.99. The second kappa shape index (κ2) is 8.89. The Morgan fingerprint density at radius 1 is 1.16 bits per heavy atom. The monoisotopic (exact) mass is 440 g/mol. The van der Waals surface area contributed by atoms with Crippen LogP contribution < -0.4 is 9.64 Å². The molecule has 1 atom stereocenters. The molecule has 1 amide bonds. The molecule has 1 aromatic heterocycles. The van der Waals surface area contributed by atoms with Gasteiger partial charge < -0.3 is 14.5 Å². The summed E-state index contributed by atoms with van der Waals surface area (Å²) in [4.78, 5) is 25.3. The minimum Gasteiger partial charge on any atom is -0.436 e. The topological polar surface area (TPSA) is 58.6 Å². The van der Waals surface area contributed by atoms with Gasteiger partial charge in [0, 0.05) is 31.7 Å². The number of amides is 1. The molecule has 0 N–H and O–H groups in total. The first-order valence-corrected chi connectivity index (χ1v) is 10.4. The van der Waals surface area contributed by atoms with E-state index < -0.39 is 5.82 Å². The van der Waals surface area contributed by atoms with E-state index in [1.54, 1.807) is 42.5 Å². The van der Waals surface area contributed by atoms with Crippen molar-refractivity contribution in [3.05, 3.63) is 76.8 Å². The Labute approximate surface area is 185 Å². The van der Waals surface area contributed by atoms with Crippen LogP contribution in [0.2, 0.25) is 5.02 Å². The molecule has 1 saturated heterocycles. The Bertz CT molecular complexity index is 1110. The van der Waals surface area contributed by atoms with E-state index >= 15 is 0 Å². The predicted molar refractivity (Wildman–Crippen MR) is 117 cm³/mol. The van der Waals surface area contributed by atoms with E-state index in [1.165, 1.54) is 12.4 Å². The first kappa shape index (κ1) is 21.1. The number of aryl methyl sites for hydroxylation is 1. The lowest BCUT2D eigenvalue weighted by Gasteiger charge is -2.40.